The molecule has 2 heterocycles. The van der Waals surface area contributed by atoms with Crippen LogP contribution < -0.4 is 0 Å². The van der Waals surface area contributed by atoms with Gasteiger partial charge < -0.3 is 4.42 Å². The molecule has 96 valence electrons. The Kier molecular flexibility index (Phi) is 2.36. The topological polar surface area (TPSA) is 26.0 Å². The number of aromatic nitrogens is 1. The third-order valence-electron chi connectivity index (χ3n) is 3.60. The molecular weight excluding hydrogens is 246 g/mol. The zero-order valence-corrected chi connectivity index (χ0v) is 11.1. The molecule has 0 bridgehead atoms. The number of fused-ring (bicyclic) bond motifs is 2. The van der Waals surface area contributed by atoms with Crippen molar-refractivity contribution in [3.63, 3.8) is 0 Å². The van der Waals surface area contributed by atoms with Gasteiger partial charge in [-0.1, -0.05) is 36.4 Å². The molecule has 0 fully saturated rings. The van der Waals surface area contributed by atoms with Crippen LogP contribution in [0, 0.1) is 6.92 Å². The molecule has 0 amide bonds. The van der Waals surface area contributed by atoms with Crippen LogP contribution in [0.1, 0.15) is 5.56 Å². The van der Waals surface area contributed by atoms with Crippen LogP contribution in [0.3, 0.4) is 0 Å². The van der Waals surface area contributed by atoms with Crippen molar-refractivity contribution in [2.75, 3.05) is 0 Å². The van der Waals surface area contributed by atoms with Crippen molar-refractivity contribution in [3.05, 3.63) is 66.2 Å². The Labute approximate surface area is 116 Å². The van der Waals surface area contributed by atoms with Gasteiger partial charge in [-0.25, -0.2) is 4.98 Å². The summed E-state index contributed by atoms with van der Waals surface area (Å²) in [6.45, 7) is 2.11. The Balaban J connectivity index is 1.97. The lowest BCUT2D eigenvalue weighted by Crippen LogP contribution is -1.87. The minimum absolute atomic E-state index is 0.819. The first kappa shape index (κ1) is 11.2. The van der Waals surface area contributed by atoms with Crippen LogP contribution >= 0.6 is 0 Å². The molecule has 0 aliphatic carbocycles. The average Bonchev–Trinajstić information content (AvgIpc) is 2.91. The largest absolute Gasteiger partial charge is 0.454 e. The number of para-hydroxylation sites is 2. The van der Waals surface area contributed by atoms with Crippen LogP contribution in [0.4, 0.5) is 0 Å². The highest BCUT2D eigenvalue weighted by atomic mass is 16.3. The maximum atomic E-state index is 5.90. The van der Waals surface area contributed by atoms with E-state index in [1.165, 1.54) is 10.9 Å². The minimum atomic E-state index is 0.819. The molecule has 0 aliphatic rings. The lowest BCUT2D eigenvalue weighted by Gasteiger charge is -2.04. The van der Waals surface area contributed by atoms with E-state index >= 15 is 0 Å². The van der Waals surface area contributed by atoms with Gasteiger partial charge in [0.25, 0.3) is 0 Å². The summed E-state index contributed by atoms with van der Waals surface area (Å²) in [5, 5.41) is 2.29. The summed E-state index contributed by atoms with van der Waals surface area (Å²) in [6.07, 6.45) is 0. The summed E-state index contributed by atoms with van der Waals surface area (Å²) in [4.78, 5) is 4.71. The molecule has 0 aliphatic heterocycles. The summed E-state index contributed by atoms with van der Waals surface area (Å²) < 4.78 is 5.90. The summed E-state index contributed by atoms with van der Waals surface area (Å²) in [7, 11) is 0. The number of benzene rings is 2. The van der Waals surface area contributed by atoms with Crippen molar-refractivity contribution in [1.82, 2.24) is 4.98 Å². The number of rotatable bonds is 1. The van der Waals surface area contributed by atoms with Crippen molar-refractivity contribution in [2.24, 2.45) is 0 Å². The van der Waals surface area contributed by atoms with Crippen molar-refractivity contribution >= 4 is 21.9 Å². The molecule has 0 saturated carbocycles. The first-order chi connectivity index (χ1) is 9.81. The summed E-state index contributed by atoms with van der Waals surface area (Å²) in [5.74, 6) is 0.819. The van der Waals surface area contributed by atoms with Gasteiger partial charge in [-0.2, -0.15) is 0 Å². The third kappa shape index (κ3) is 1.69. The van der Waals surface area contributed by atoms with Crippen LogP contribution in [0.2, 0.25) is 0 Å². The highest BCUT2D eigenvalue weighted by molar-refractivity contribution is 5.86. The van der Waals surface area contributed by atoms with Crippen LogP contribution in [0.25, 0.3) is 33.3 Å². The first-order valence-corrected chi connectivity index (χ1v) is 6.66. The van der Waals surface area contributed by atoms with Gasteiger partial charge in [0.2, 0.25) is 0 Å². The molecule has 2 heteroatoms. The van der Waals surface area contributed by atoms with Gasteiger partial charge in [-0.15, -0.1) is 0 Å². The summed E-state index contributed by atoms with van der Waals surface area (Å²) in [6, 6.07) is 20.3. The molecule has 4 aromatic rings. The van der Waals surface area contributed by atoms with E-state index < -0.39 is 0 Å². The quantitative estimate of drug-likeness (QED) is 0.483. The fraction of sp³-hybridized carbons (Fsp3) is 0.0556. The van der Waals surface area contributed by atoms with E-state index in [1.807, 2.05) is 42.5 Å². The Morgan fingerprint density at radius 1 is 0.900 bits per heavy atom. The van der Waals surface area contributed by atoms with E-state index in [4.69, 9.17) is 9.40 Å². The van der Waals surface area contributed by atoms with Crippen molar-refractivity contribution < 1.29 is 4.42 Å². The first-order valence-electron chi connectivity index (χ1n) is 6.66. The lowest BCUT2D eigenvalue weighted by atomic mass is 10.1. The molecule has 0 unspecified atom stereocenters. The zero-order valence-electron chi connectivity index (χ0n) is 11.1. The molecular formula is C18H13NO. The van der Waals surface area contributed by atoms with Crippen molar-refractivity contribution in [3.8, 4) is 11.5 Å². The van der Waals surface area contributed by atoms with E-state index in [2.05, 4.69) is 25.1 Å². The van der Waals surface area contributed by atoms with Gasteiger partial charge in [-0.05, 0) is 36.8 Å². The van der Waals surface area contributed by atoms with E-state index in [1.54, 1.807) is 0 Å². The number of nitrogens with zero attached hydrogens (tertiary/aromatic N) is 1. The Bertz CT molecular complexity index is 888. The number of hydrogen-bond acceptors (Lipinski definition) is 2. The van der Waals surface area contributed by atoms with E-state index in [0.717, 1.165) is 27.9 Å². The Morgan fingerprint density at radius 2 is 1.70 bits per heavy atom. The molecule has 4 rings (SSSR count). The molecule has 0 spiro atoms. The predicted molar refractivity (Wildman–Crippen MR) is 81.7 cm³/mol. The van der Waals surface area contributed by atoms with Crippen LogP contribution in [0.15, 0.2) is 65.1 Å². The molecule has 0 atom stereocenters. The smallest absolute Gasteiger partial charge is 0.153 e. The molecule has 0 saturated heterocycles. The number of furan rings is 1. The predicted octanol–water partition coefficient (Wildman–Crippen LogP) is 4.96. The minimum Gasteiger partial charge on any atom is -0.454 e. The number of pyridine rings is 1. The lowest BCUT2D eigenvalue weighted by molar-refractivity contribution is 0.629. The normalized spacial score (nSPS) is 11.2. The van der Waals surface area contributed by atoms with Crippen LogP contribution in [-0.2, 0) is 0 Å². The third-order valence-corrected chi connectivity index (χ3v) is 3.60. The van der Waals surface area contributed by atoms with Crippen LogP contribution in [-0.4, -0.2) is 4.98 Å². The van der Waals surface area contributed by atoms with E-state index in [0.29, 0.717) is 0 Å². The van der Waals surface area contributed by atoms with Gasteiger partial charge in [-0.3, -0.25) is 0 Å². The highest BCUT2D eigenvalue weighted by Gasteiger charge is 2.09. The standard InChI is InChI=1S/C18H13NO/c1-12-10-16(19-15-8-4-3-7-14(12)15)18-11-13-6-2-5-9-17(13)20-18/h2-11H,1H3. The molecule has 2 nitrogen and oxygen atoms in total. The second-order valence-corrected chi connectivity index (χ2v) is 4.99. The van der Waals surface area contributed by atoms with Gasteiger partial charge in [0.1, 0.15) is 11.3 Å². The zero-order chi connectivity index (χ0) is 13.5. The molecule has 0 N–H and O–H groups in total. The molecule has 20 heavy (non-hydrogen) atoms. The number of hydrogen-bond donors (Lipinski definition) is 0. The summed E-state index contributed by atoms with van der Waals surface area (Å²) >= 11 is 0. The van der Waals surface area contributed by atoms with Gasteiger partial charge in [0.05, 0.1) is 5.52 Å². The van der Waals surface area contributed by atoms with Gasteiger partial charge in [0, 0.05) is 10.8 Å². The Morgan fingerprint density at radius 3 is 2.60 bits per heavy atom. The SMILES string of the molecule is Cc1cc(-c2cc3ccccc3o2)nc2ccccc12. The fourth-order valence-corrected chi connectivity index (χ4v) is 2.58. The van der Waals surface area contributed by atoms with E-state index in [-0.39, 0.29) is 0 Å². The van der Waals surface area contributed by atoms with Gasteiger partial charge in [0.15, 0.2) is 5.76 Å². The average molecular weight is 259 g/mol. The molecule has 0 radical (unpaired) electrons. The Hall–Kier alpha value is -2.61. The second kappa shape index (κ2) is 4.20. The monoisotopic (exact) mass is 259 g/mol. The van der Waals surface area contributed by atoms with Crippen molar-refractivity contribution in [2.45, 2.75) is 6.92 Å². The fourth-order valence-electron chi connectivity index (χ4n) is 2.58. The van der Waals surface area contributed by atoms with E-state index in [9.17, 15) is 0 Å². The maximum Gasteiger partial charge on any atom is 0.153 e. The molecule has 2 aromatic carbocycles. The maximum absolute atomic E-state index is 5.90. The second-order valence-electron chi connectivity index (χ2n) is 4.99. The number of aryl methyl sites for hydroxylation is 1. The highest BCUT2D eigenvalue weighted by Crippen LogP contribution is 2.29. The van der Waals surface area contributed by atoms with Crippen LogP contribution in [0.5, 0.6) is 0 Å². The van der Waals surface area contributed by atoms with Gasteiger partial charge >= 0.3 is 0 Å². The summed E-state index contributed by atoms with van der Waals surface area (Å²) in [5.41, 5.74) is 4.00. The van der Waals surface area contributed by atoms with Crippen molar-refractivity contribution in [1.29, 1.82) is 0 Å². The molecule has 2 aromatic heterocycles.